The van der Waals surface area contributed by atoms with Crippen LogP contribution in [-0.4, -0.2) is 41.0 Å². The van der Waals surface area contributed by atoms with Gasteiger partial charge in [-0.1, -0.05) is 6.92 Å². The molecule has 1 N–H and O–H groups in total. The maximum absolute atomic E-state index is 4.57. The highest BCUT2D eigenvalue weighted by molar-refractivity contribution is 5.10. The quantitative estimate of drug-likeness (QED) is 0.816. The van der Waals surface area contributed by atoms with E-state index in [9.17, 15) is 0 Å². The lowest BCUT2D eigenvalue weighted by Crippen LogP contribution is -2.43. The molecule has 2 heterocycles. The first-order chi connectivity index (χ1) is 7.78. The van der Waals surface area contributed by atoms with Crippen LogP contribution in [0, 0.1) is 6.92 Å². The Balaban J connectivity index is 2.04. The molecule has 0 aliphatic carbocycles. The molecule has 1 aliphatic heterocycles. The fourth-order valence-corrected chi connectivity index (χ4v) is 2.02. The highest BCUT2D eigenvalue weighted by Gasteiger charge is 2.11. The minimum absolute atomic E-state index is 0.885. The second-order valence-corrected chi connectivity index (χ2v) is 4.30. The molecule has 1 fully saturated rings. The third-order valence-corrected chi connectivity index (χ3v) is 2.89. The molecule has 0 unspecified atom stereocenters. The zero-order chi connectivity index (χ0) is 11.4. The summed E-state index contributed by atoms with van der Waals surface area (Å²) in [5.41, 5.74) is 2.23. The molecule has 0 spiro atoms. The number of nitrogens with one attached hydrogen (secondary N) is 1. The lowest BCUT2D eigenvalue weighted by molar-refractivity contribution is 0.227. The second kappa shape index (κ2) is 5.37. The van der Waals surface area contributed by atoms with E-state index in [4.69, 9.17) is 0 Å². The summed E-state index contributed by atoms with van der Waals surface area (Å²) in [6.45, 7) is 9.41. The molecule has 16 heavy (non-hydrogen) atoms. The number of aromatic nitrogens is 2. The Morgan fingerprint density at radius 3 is 2.75 bits per heavy atom. The van der Waals surface area contributed by atoms with Crippen LogP contribution in [0.15, 0.2) is 6.07 Å². The van der Waals surface area contributed by atoms with Gasteiger partial charge >= 0.3 is 0 Å². The first kappa shape index (κ1) is 11.5. The predicted molar refractivity (Wildman–Crippen MR) is 64.3 cm³/mol. The summed E-state index contributed by atoms with van der Waals surface area (Å²) in [6.07, 6.45) is 0.984. The van der Waals surface area contributed by atoms with Gasteiger partial charge in [0.15, 0.2) is 0 Å². The Labute approximate surface area is 97.1 Å². The number of nitrogens with zero attached hydrogens (tertiary/aromatic N) is 3. The standard InChI is InChI=1S/C12H20N4/c1-3-11-8-10(2)14-12(15-11)9-16-6-4-13-5-7-16/h8,13H,3-7,9H2,1-2H3. The van der Waals surface area contributed by atoms with E-state index in [1.807, 2.05) is 6.92 Å². The molecule has 0 bridgehead atoms. The first-order valence-electron chi connectivity index (χ1n) is 6.04. The zero-order valence-electron chi connectivity index (χ0n) is 10.2. The summed E-state index contributed by atoms with van der Waals surface area (Å²) >= 11 is 0. The molecular formula is C12H20N4. The van der Waals surface area contributed by atoms with Gasteiger partial charge in [0.2, 0.25) is 0 Å². The summed E-state index contributed by atoms with van der Waals surface area (Å²) < 4.78 is 0. The van der Waals surface area contributed by atoms with Crippen molar-refractivity contribution in [2.45, 2.75) is 26.8 Å². The third-order valence-electron chi connectivity index (χ3n) is 2.89. The highest BCUT2D eigenvalue weighted by Crippen LogP contribution is 2.05. The van der Waals surface area contributed by atoms with E-state index < -0.39 is 0 Å². The van der Waals surface area contributed by atoms with Gasteiger partial charge in [0.05, 0.1) is 6.54 Å². The van der Waals surface area contributed by atoms with E-state index in [2.05, 4.69) is 33.2 Å². The van der Waals surface area contributed by atoms with Crippen LogP contribution in [-0.2, 0) is 13.0 Å². The smallest absolute Gasteiger partial charge is 0.142 e. The molecule has 0 radical (unpaired) electrons. The number of aryl methyl sites for hydroxylation is 2. The number of piperazine rings is 1. The Hall–Kier alpha value is -1.00. The van der Waals surface area contributed by atoms with Crippen LogP contribution in [0.2, 0.25) is 0 Å². The van der Waals surface area contributed by atoms with Gasteiger partial charge in [-0.25, -0.2) is 9.97 Å². The van der Waals surface area contributed by atoms with Crippen LogP contribution in [0.5, 0.6) is 0 Å². The van der Waals surface area contributed by atoms with Crippen molar-refractivity contribution >= 4 is 0 Å². The largest absolute Gasteiger partial charge is 0.314 e. The van der Waals surface area contributed by atoms with Crippen molar-refractivity contribution in [2.75, 3.05) is 26.2 Å². The molecule has 0 amide bonds. The monoisotopic (exact) mass is 220 g/mol. The van der Waals surface area contributed by atoms with E-state index >= 15 is 0 Å². The Morgan fingerprint density at radius 2 is 2.06 bits per heavy atom. The van der Waals surface area contributed by atoms with Gasteiger partial charge in [0.25, 0.3) is 0 Å². The van der Waals surface area contributed by atoms with Crippen LogP contribution in [0.3, 0.4) is 0 Å². The Morgan fingerprint density at radius 1 is 1.31 bits per heavy atom. The van der Waals surface area contributed by atoms with Crippen LogP contribution < -0.4 is 5.32 Å². The summed E-state index contributed by atoms with van der Waals surface area (Å²) in [6, 6.07) is 2.07. The number of hydrogen-bond donors (Lipinski definition) is 1. The van der Waals surface area contributed by atoms with Crippen molar-refractivity contribution in [1.82, 2.24) is 20.2 Å². The van der Waals surface area contributed by atoms with Gasteiger partial charge in [-0.05, 0) is 19.4 Å². The van der Waals surface area contributed by atoms with E-state index in [0.717, 1.165) is 56.4 Å². The fourth-order valence-electron chi connectivity index (χ4n) is 2.02. The van der Waals surface area contributed by atoms with Crippen LogP contribution in [0.4, 0.5) is 0 Å². The molecule has 2 rings (SSSR count). The summed E-state index contributed by atoms with van der Waals surface area (Å²) in [4.78, 5) is 11.5. The number of hydrogen-bond acceptors (Lipinski definition) is 4. The average Bonchev–Trinajstić information content (AvgIpc) is 2.29. The first-order valence-corrected chi connectivity index (χ1v) is 6.04. The lowest BCUT2D eigenvalue weighted by Gasteiger charge is -2.26. The normalized spacial score (nSPS) is 17.6. The molecule has 0 aromatic carbocycles. The van der Waals surface area contributed by atoms with Gasteiger partial charge in [0, 0.05) is 37.6 Å². The molecule has 4 nitrogen and oxygen atoms in total. The molecule has 1 saturated heterocycles. The van der Waals surface area contributed by atoms with Crippen LogP contribution >= 0.6 is 0 Å². The molecule has 4 heteroatoms. The average molecular weight is 220 g/mol. The predicted octanol–water partition coefficient (Wildman–Crippen LogP) is 0.753. The van der Waals surface area contributed by atoms with Crippen molar-refractivity contribution in [3.05, 3.63) is 23.3 Å². The van der Waals surface area contributed by atoms with E-state index in [-0.39, 0.29) is 0 Å². The van der Waals surface area contributed by atoms with Gasteiger partial charge in [0.1, 0.15) is 5.82 Å². The fraction of sp³-hybridized carbons (Fsp3) is 0.667. The van der Waals surface area contributed by atoms with Gasteiger partial charge in [-0.2, -0.15) is 0 Å². The maximum Gasteiger partial charge on any atom is 0.142 e. The lowest BCUT2D eigenvalue weighted by atomic mass is 10.2. The molecule has 1 aromatic heterocycles. The van der Waals surface area contributed by atoms with Gasteiger partial charge in [-0.15, -0.1) is 0 Å². The maximum atomic E-state index is 4.57. The molecule has 0 saturated carbocycles. The zero-order valence-corrected chi connectivity index (χ0v) is 10.2. The van der Waals surface area contributed by atoms with Crippen LogP contribution in [0.1, 0.15) is 24.1 Å². The minimum Gasteiger partial charge on any atom is -0.314 e. The highest BCUT2D eigenvalue weighted by atomic mass is 15.2. The molecular weight excluding hydrogens is 200 g/mol. The Kier molecular flexibility index (Phi) is 3.85. The summed E-state index contributed by atoms with van der Waals surface area (Å²) in [7, 11) is 0. The van der Waals surface area contributed by atoms with Crippen molar-refractivity contribution in [2.24, 2.45) is 0 Å². The van der Waals surface area contributed by atoms with Crippen molar-refractivity contribution in [3.63, 3.8) is 0 Å². The molecule has 1 aromatic rings. The summed E-state index contributed by atoms with van der Waals surface area (Å²) in [5, 5.41) is 3.35. The number of rotatable bonds is 3. The van der Waals surface area contributed by atoms with Crippen molar-refractivity contribution in [3.8, 4) is 0 Å². The van der Waals surface area contributed by atoms with Crippen LogP contribution in [0.25, 0.3) is 0 Å². The van der Waals surface area contributed by atoms with Crippen molar-refractivity contribution < 1.29 is 0 Å². The molecule has 1 aliphatic rings. The molecule has 0 atom stereocenters. The minimum atomic E-state index is 0.885. The van der Waals surface area contributed by atoms with E-state index in [1.54, 1.807) is 0 Å². The van der Waals surface area contributed by atoms with Gasteiger partial charge in [-0.3, -0.25) is 4.90 Å². The molecule has 88 valence electrons. The van der Waals surface area contributed by atoms with Gasteiger partial charge < -0.3 is 5.32 Å². The second-order valence-electron chi connectivity index (χ2n) is 4.30. The van der Waals surface area contributed by atoms with E-state index in [1.165, 1.54) is 0 Å². The third kappa shape index (κ3) is 3.00. The summed E-state index contributed by atoms with van der Waals surface area (Å²) in [5.74, 6) is 0.971. The Bertz CT molecular complexity index is 345. The topological polar surface area (TPSA) is 41.1 Å². The van der Waals surface area contributed by atoms with E-state index in [0.29, 0.717) is 0 Å². The van der Waals surface area contributed by atoms with Crippen molar-refractivity contribution in [1.29, 1.82) is 0 Å². The SMILES string of the molecule is CCc1cc(C)nc(CN2CCNCC2)n1.